The Bertz CT molecular complexity index is 1010. The van der Waals surface area contributed by atoms with Crippen molar-refractivity contribution in [1.29, 1.82) is 0 Å². The van der Waals surface area contributed by atoms with Crippen LogP contribution in [-0.2, 0) is 15.8 Å². The molecule has 31 heavy (non-hydrogen) atoms. The summed E-state index contributed by atoms with van der Waals surface area (Å²) in [4.78, 5) is 23.0. The number of aliphatic carboxylic acids is 1. The molecule has 1 atom stereocenters. The van der Waals surface area contributed by atoms with Crippen LogP contribution in [0, 0.1) is 11.2 Å². The van der Waals surface area contributed by atoms with Crippen LogP contribution in [0.4, 0.5) is 17.6 Å². The van der Waals surface area contributed by atoms with E-state index in [2.05, 4.69) is 0 Å². The summed E-state index contributed by atoms with van der Waals surface area (Å²) in [5.74, 6) is -2.96. The van der Waals surface area contributed by atoms with Gasteiger partial charge in [0.05, 0.1) is 5.56 Å². The average molecular weight is 438 g/mol. The molecule has 1 aromatic carbocycles. The summed E-state index contributed by atoms with van der Waals surface area (Å²) in [5.41, 5.74) is -4.20. The predicted octanol–water partition coefficient (Wildman–Crippen LogP) is 5.10. The highest BCUT2D eigenvalue weighted by Crippen LogP contribution is 2.45. The summed E-state index contributed by atoms with van der Waals surface area (Å²) in [7, 11) is 0. The highest BCUT2D eigenvalue weighted by atomic mass is 19.4. The minimum Gasteiger partial charge on any atom is -0.478 e. The molecule has 4 nitrogen and oxygen atoms in total. The number of halogens is 4. The minimum absolute atomic E-state index is 0.0230. The van der Waals surface area contributed by atoms with Crippen molar-refractivity contribution < 1.29 is 37.4 Å². The van der Waals surface area contributed by atoms with Crippen LogP contribution in [0.2, 0.25) is 0 Å². The molecule has 166 valence electrons. The van der Waals surface area contributed by atoms with E-state index in [1.807, 2.05) is 0 Å². The number of hydrogen-bond acceptors (Lipinski definition) is 3. The lowest BCUT2D eigenvalue weighted by atomic mass is 9.64. The normalized spacial score (nSPS) is 22.3. The van der Waals surface area contributed by atoms with Gasteiger partial charge in [0, 0.05) is 23.5 Å². The number of alkyl halides is 3. The third-order valence-electron chi connectivity index (χ3n) is 5.12. The van der Waals surface area contributed by atoms with Crippen LogP contribution < -0.4 is 0 Å². The second-order valence-electron chi connectivity index (χ2n) is 7.99. The van der Waals surface area contributed by atoms with E-state index in [0.29, 0.717) is 11.6 Å². The van der Waals surface area contributed by atoms with E-state index in [-0.39, 0.29) is 23.3 Å². The quantitative estimate of drug-likeness (QED) is 0.381. The zero-order valence-corrected chi connectivity index (χ0v) is 17.1. The van der Waals surface area contributed by atoms with Crippen molar-refractivity contribution in [2.45, 2.75) is 39.0 Å². The second-order valence-corrected chi connectivity index (χ2v) is 7.99. The van der Waals surface area contributed by atoms with Crippen molar-refractivity contribution in [2.24, 2.45) is 5.41 Å². The molecule has 0 spiro atoms. The summed E-state index contributed by atoms with van der Waals surface area (Å²) in [5, 5.41) is 20.2. The molecular formula is C23H22F4O4. The first kappa shape index (κ1) is 24.3. The third kappa shape index (κ3) is 5.38. The monoisotopic (exact) mass is 438 g/mol. The third-order valence-corrected chi connectivity index (χ3v) is 5.12. The van der Waals surface area contributed by atoms with Crippen molar-refractivity contribution in [3.8, 4) is 0 Å². The van der Waals surface area contributed by atoms with Gasteiger partial charge in [-0.25, -0.2) is 9.18 Å². The number of aliphatic hydroxyl groups is 1. The molecule has 0 unspecified atom stereocenters. The molecule has 0 bridgehead atoms. The molecule has 0 fully saturated rings. The number of hydrogen-bond donors (Lipinski definition) is 2. The standard InChI is InChI=1S/C23H22F4O4/c1-14(11-19(29)30)9-10-22(31)16(12-17(28)13-21(22,2)3)8-7-15-5-4-6-18(20(15)24)23(25,26)27/h4-12,31H,13H2,1-3H3,(H,29,30)/b8-7+,10-9+,14-11-/t22-/m1/s1. The molecule has 0 amide bonds. The van der Waals surface area contributed by atoms with Crippen LogP contribution in [0.25, 0.3) is 6.08 Å². The van der Waals surface area contributed by atoms with Crippen LogP contribution >= 0.6 is 0 Å². The van der Waals surface area contributed by atoms with Crippen LogP contribution in [-0.4, -0.2) is 27.6 Å². The van der Waals surface area contributed by atoms with E-state index in [1.54, 1.807) is 13.8 Å². The number of carboxylic acid groups (broad SMARTS) is 1. The Morgan fingerprint density at radius 2 is 1.84 bits per heavy atom. The lowest BCUT2D eigenvalue weighted by Gasteiger charge is -2.44. The number of benzene rings is 1. The minimum atomic E-state index is -4.87. The SMILES string of the molecule is CC(=C/C(=O)O)/C=C/[C@@]1(O)C(/C=C/c2cccc(C(F)(F)F)c2F)=CC(=O)CC1(C)C. The van der Waals surface area contributed by atoms with Crippen molar-refractivity contribution in [2.75, 3.05) is 0 Å². The number of carboxylic acids is 1. The van der Waals surface area contributed by atoms with Gasteiger partial charge in [0.25, 0.3) is 0 Å². The first-order valence-corrected chi connectivity index (χ1v) is 9.29. The van der Waals surface area contributed by atoms with Crippen LogP contribution in [0.3, 0.4) is 0 Å². The molecular weight excluding hydrogens is 416 g/mol. The first-order chi connectivity index (χ1) is 14.2. The highest BCUT2D eigenvalue weighted by molar-refractivity contribution is 5.94. The number of rotatable bonds is 5. The molecule has 0 saturated carbocycles. The predicted molar refractivity (Wildman–Crippen MR) is 107 cm³/mol. The lowest BCUT2D eigenvalue weighted by Crippen LogP contribution is -2.48. The smallest absolute Gasteiger partial charge is 0.419 e. The maximum absolute atomic E-state index is 14.3. The molecule has 0 radical (unpaired) electrons. The Labute approximate surface area is 176 Å². The first-order valence-electron chi connectivity index (χ1n) is 9.29. The molecule has 2 rings (SSSR count). The van der Waals surface area contributed by atoms with Gasteiger partial charge in [-0.1, -0.05) is 44.2 Å². The van der Waals surface area contributed by atoms with Gasteiger partial charge < -0.3 is 10.2 Å². The molecule has 1 aromatic rings. The van der Waals surface area contributed by atoms with Gasteiger partial charge in [-0.15, -0.1) is 0 Å². The average Bonchev–Trinajstić information content (AvgIpc) is 2.61. The summed E-state index contributed by atoms with van der Waals surface area (Å²) < 4.78 is 53.2. The number of ketones is 1. The maximum Gasteiger partial charge on any atom is 0.419 e. The largest absolute Gasteiger partial charge is 0.478 e. The summed E-state index contributed by atoms with van der Waals surface area (Å²) in [6.45, 7) is 4.75. The highest BCUT2D eigenvalue weighted by Gasteiger charge is 2.47. The Balaban J connectivity index is 2.53. The number of allylic oxidation sites excluding steroid dienone is 3. The maximum atomic E-state index is 14.3. The van der Waals surface area contributed by atoms with Crippen molar-refractivity contribution >= 4 is 17.8 Å². The van der Waals surface area contributed by atoms with Crippen molar-refractivity contribution in [3.63, 3.8) is 0 Å². The molecule has 0 heterocycles. The molecule has 0 aromatic heterocycles. The zero-order valence-electron chi connectivity index (χ0n) is 17.1. The Morgan fingerprint density at radius 3 is 2.42 bits per heavy atom. The summed E-state index contributed by atoms with van der Waals surface area (Å²) in [6, 6.07) is 2.82. The van der Waals surface area contributed by atoms with Gasteiger partial charge in [-0.05, 0) is 36.3 Å². The van der Waals surface area contributed by atoms with Crippen LogP contribution in [0.5, 0.6) is 0 Å². The van der Waals surface area contributed by atoms with E-state index in [1.165, 1.54) is 25.2 Å². The zero-order chi connectivity index (χ0) is 23.6. The fourth-order valence-electron chi connectivity index (χ4n) is 3.36. The Hall–Kier alpha value is -3.00. The molecule has 8 heteroatoms. The van der Waals surface area contributed by atoms with E-state index in [4.69, 9.17) is 5.11 Å². The van der Waals surface area contributed by atoms with E-state index in [0.717, 1.165) is 30.4 Å². The fourth-order valence-corrected chi connectivity index (χ4v) is 3.36. The van der Waals surface area contributed by atoms with Gasteiger partial charge in [0.2, 0.25) is 0 Å². The van der Waals surface area contributed by atoms with Crippen molar-refractivity contribution in [1.82, 2.24) is 0 Å². The van der Waals surface area contributed by atoms with E-state index in [9.17, 15) is 32.3 Å². The lowest BCUT2D eigenvalue weighted by molar-refractivity contribution is -0.140. The van der Waals surface area contributed by atoms with Gasteiger partial charge in [-0.2, -0.15) is 13.2 Å². The fraction of sp³-hybridized carbons (Fsp3) is 0.304. The van der Waals surface area contributed by atoms with E-state index < -0.39 is 34.5 Å². The number of carbonyl (C=O) groups is 2. The summed E-state index contributed by atoms with van der Waals surface area (Å²) >= 11 is 0. The summed E-state index contributed by atoms with van der Waals surface area (Å²) in [6.07, 6.45) is 2.14. The van der Waals surface area contributed by atoms with Crippen LogP contribution in [0.1, 0.15) is 38.3 Å². The second kappa shape index (κ2) is 8.63. The molecule has 0 aliphatic heterocycles. The van der Waals surface area contributed by atoms with Crippen molar-refractivity contribution in [3.05, 3.63) is 76.7 Å². The Morgan fingerprint density at radius 1 is 1.19 bits per heavy atom. The Kier molecular flexibility index (Phi) is 6.75. The topological polar surface area (TPSA) is 74.6 Å². The molecule has 2 N–H and O–H groups in total. The molecule has 0 saturated heterocycles. The molecule has 1 aliphatic rings. The van der Waals surface area contributed by atoms with Gasteiger partial charge in [-0.3, -0.25) is 4.79 Å². The van der Waals surface area contributed by atoms with Gasteiger partial charge in [0.15, 0.2) is 5.78 Å². The van der Waals surface area contributed by atoms with Gasteiger partial charge in [0.1, 0.15) is 11.4 Å². The number of carbonyl (C=O) groups excluding carboxylic acids is 1. The van der Waals surface area contributed by atoms with Gasteiger partial charge >= 0.3 is 12.1 Å². The van der Waals surface area contributed by atoms with E-state index >= 15 is 0 Å². The molecule has 1 aliphatic carbocycles. The van der Waals surface area contributed by atoms with Crippen LogP contribution in [0.15, 0.2) is 59.7 Å².